The molecule has 5 heteroatoms. The lowest BCUT2D eigenvalue weighted by Crippen LogP contribution is -1.98. The number of hydrazone groups is 1. The van der Waals surface area contributed by atoms with Crippen molar-refractivity contribution >= 4 is 22.8 Å². The highest BCUT2D eigenvalue weighted by Crippen LogP contribution is 2.18. The Morgan fingerprint density at radius 1 is 1.10 bits per heavy atom. The van der Waals surface area contributed by atoms with Gasteiger partial charge in [0.25, 0.3) is 0 Å². The van der Waals surface area contributed by atoms with Crippen molar-refractivity contribution in [1.29, 1.82) is 0 Å². The highest BCUT2D eigenvalue weighted by Gasteiger charge is 2.04. The van der Waals surface area contributed by atoms with Crippen molar-refractivity contribution in [3.8, 4) is 0 Å². The number of aryl methyl sites for hydroxylation is 1. The van der Waals surface area contributed by atoms with Crippen LogP contribution in [0.2, 0.25) is 0 Å². The van der Waals surface area contributed by atoms with E-state index in [2.05, 4.69) is 10.5 Å². The highest BCUT2D eigenvalue weighted by molar-refractivity contribution is 5.90. The predicted molar refractivity (Wildman–Crippen MR) is 80.5 cm³/mol. The molecule has 0 aliphatic heterocycles. The maximum atomic E-state index is 13.4. The summed E-state index contributed by atoms with van der Waals surface area (Å²) in [4.78, 5) is 0. The van der Waals surface area contributed by atoms with E-state index in [0.29, 0.717) is 0 Å². The van der Waals surface area contributed by atoms with Crippen LogP contribution in [0.1, 0.15) is 5.69 Å². The fraction of sp³-hybridized carbons (Fsp3) is 0.0625. The molecule has 3 aromatic rings. The lowest BCUT2D eigenvalue weighted by molar-refractivity contribution is 0.603. The Morgan fingerprint density at radius 2 is 1.90 bits per heavy atom. The molecule has 3 rings (SSSR count). The monoisotopic (exact) mass is 285 g/mol. The van der Waals surface area contributed by atoms with Crippen LogP contribution in [-0.2, 0) is 7.05 Å². The average Bonchev–Trinajstić information content (AvgIpc) is 2.80. The molecule has 1 heterocycles. The Balaban J connectivity index is 1.85. The first-order valence-corrected chi connectivity index (χ1v) is 6.44. The van der Waals surface area contributed by atoms with Crippen LogP contribution in [0, 0.1) is 11.6 Å². The van der Waals surface area contributed by atoms with Gasteiger partial charge in [0.15, 0.2) is 0 Å². The minimum atomic E-state index is -0.550. The number of nitrogens with zero attached hydrogens (tertiary/aromatic N) is 2. The number of fused-ring (bicyclic) bond motifs is 1. The quantitative estimate of drug-likeness (QED) is 0.574. The van der Waals surface area contributed by atoms with Gasteiger partial charge in [-0.3, -0.25) is 5.43 Å². The van der Waals surface area contributed by atoms with Crippen molar-refractivity contribution in [2.24, 2.45) is 12.1 Å². The lowest BCUT2D eigenvalue weighted by Gasteiger charge is -2.02. The number of hydrogen-bond acceptors (Lipinski definition) is 2. The SMILES string of the molecule is Cn1c(/C=N/Nc2cc(F)ccc2F)cc2ccccc21. The Hall–Kier alpha value is -2.69. The third-order valence-corrected chi connectivity index (χ3v) is 3.30. The summed E-state index contributed by atoms with van der Waals surface area (Å²) in [5, 5.41) is 5.06. The van der Waals surface area contributed by atoms with E-state index in [0.717, 1.165) is 34.8 Å². The van der Waals surface area contributed by atoms with Crippen molar-refractivity contribution in [2.45, 2.75) is 0 Å². The van der Waals surface area contributed by atoms with E-state index in [1.807, 2.05) is 41.9 Å². The van der Waals surface area contributed by atoms with E-state index in [-0.39, 0.29) is 5.69 Å². The molecule has 0 atom stereocenters. The highest BCUT2D eigenvalue weighted by atomic mass is 19.1. The molecular formula is C16H13F2N3. The number of anilines is 1. The second-order valence-corrected chi connectivity index (χ2v) is 4.68. The van der Waals surface area contributed by atoms with E-state index >= 15 is 0 Å². The van der Waals surface area contributed by atoms with Crippen molar-refractivity contribution in [3.05, 3.63) is 65.9 Å². The summed E-state index contributed by atoms with van der Waals surface area (Å²) in [6, 6.07) is 13.1. The molecule has 0 fully saturated rings. The first-order valence-electron chi connectivity index (χ1n) is 6.44. The molecule has 0 spiro atoms. The third kappa shape index (κ3) is 2.63. The molecule has 0 aliphatic rings. The largest absolute Gasteiger partial charge is 0.343 e. The summed E-state index contributed by atoms with van der Waals surface area (Å²) in [5.41, 5.74) is 4.46. The molecule has 2 aromatic carbocycles. The zero-order chi connectivity index (χ0) is 14.8. The standard InChI is InChI=1S/C16H13F2N3/c1-21-13(8-11-4-2-3-5-16(11)21)10-19-20-15-9-12(17)6-7-14(15)18/h2-10,20H,1H3/b19-10+. The van der Waals surface area contributed by atoms with Gasteiger partial charge in [0.2, 0.25) is 0 Å². The van der Waals surface area contributed by atoms with Crippen LogP contribution in [-0.4, -0.2) is 10.8 Å². The van der Waals surface area contributed by atoms with Gasteiger partial charge in [0, 0.05) is 24.0 Å². The molecule has 0 aliphatic carbocycles. The van der Waals surface area contributed by atoms with Crippen LogP contribution in [0.4, 0.5) is 14.5 Å². The number of rotatable bonds is 3. The second-order valence-electron chi connectivity index (χ2n) is 4.68. The topological polar surface area (TPSA) is 29.3 Å². The molecule has 106 valence electrons. The average molecular weight is 285 g/mol. The normalized spacial score (nSPS) is 11.4. The number of halogens is 2. The van der Waals surface area contributed by atoms with Gasteiger partial charge in [-0.25, -0.2) is 8.78 Å². The first kappa shape index (κ1) is 13.3. The minimum Gasteiger partial charge on any atom is -0.343 e. The molecule has 0 saturated carbocycles. The van der Waals surface area contributed by atoms with E-state index in [1.54, 1.807) is 6.21 Å². The van der Waals surface area contributed by atoms with Crippen molar-refractivity contribution in [1.82, 2.24) is 4.57 Å². The number of nitrogens with one attached hydrogen (secondary N) is 1. The molecule has 0 radical (unpaired) electrons. The molecule has 0 amide bonds. The summed E-state index contributed by atoms with van der Waals surface area (Å²) < 4.78 is 28.4. The van der Waals surface area contributed by atoms with Crippen molar-refractivity contribution in [3.63, 3.8) is 0 Å². The molecule has 1 N–H and O–H groups in total. The Labute approximate surface area is 120 Å². The number of aromatic nitrogens is 1. The van der Waals surface area contributed by atoms with Crippen LogP contribution in [0.3, 0.4) is 0 Å². The van der Waals surface area contributed by atoms with Gasteiger partial charge in [-0.2, -0.15) is 5.10 Å². The molecular weight excluding hydrogens is 272 g/mol. The van der Waals surface area contributed by atoms with Crippen LogP contribution < -0.4 is 5.43 Å². The Bertz CT molecular complexity index is 822. The van der Waals surface area contributed by atoms with Crippen LogP contribution in [0.25, 0.3) is 10.9 Å². The third-order valence-electron chi connectivity index (χ3n) is 3.30. The van der Waals surface area contributed by atoms with E-state index in [1.165, 1.54) is 0 Å². The van der Waals surface area contributed by atoms with E-state index in [9.17, 15) is 8.78 Å². The molecule has 1 aromatic heterocycles. The van der Waals surface area contributed by atoms with Crippen molar-refractivity contribution < 1.29 is 8.78 Å². The maximum Gasteiger partial charge on any atom is 0.148 e. The summed E-state index contributed by atoms with van der Waals surface area (Å²) in [7, 11) is 1.92. The first-order chi connectivity index (χ1) is 10.1. The smallest absolute Gasteiger partial charge is 0.148 e. The fourth-order valence-corrected chi connectivity index (χ4v) is 2.19. The number of hydrogen-bond donors (Lipinski definition) is 1. The van der Waals surface area contributed by atoms with Crippen LogP contribution in [0.15, 0.2) is 53.6 Å². The van der Waals surface area contributed by atoms with Gasteiger partial charge in [-0.05, 0) is 24.3 Å². The summed E-state index contributed by atoms with van der Waals surface area (Å²) in [5.74, 6) is -1.07. The zero-order valence-corrected chi connectivity index (χ0v) is 11.3. The van der Waals surface area contributed by atoms with Crippen LogP contribution in [0.5, 0.6) is 0 Å². The maximum absolute atomic E-state index is 13.4. The Kier molecular flexibility index (Phi) is 3.39. The fourth-order valence-electron chi connectivity index (χ4n) is 2.19. The van der Waals surface area contributed by atoms with Gasteiger partial charge < -0.3 is 4.57 Å². The molecule has 0 unspecified atom stereocenters. The number of para-hydroxylation sites is 1. The zero-order valence-electron chi connectivity index (χ0n) is 11.3. The van der Waals surface area contributed by atoms with Gasteiger partial charge in [0.05, 0.1) is 17.6 Å². The van der Waals surface area contributed by atoms with Gasteiger partial charge >= 0.3 is 0 Å². The van der Waals surface area contributed by atoms with Crippen LogP contribution >= 0.6 is 0 Å². The van der Waals surface area contributed by atoms with Gasteiger partial charge in [-0.1, -0.05) is 18.2 Å². The Morgan fingerprint density at radius 3 is 2.71 bits per heavy atom. The van der Waals surface area contributed by atoms with E-state index in [4.69, 9.17) is 0 Å². The summed E-state index contributed by atoms with van der Waals surface area (Å²) in [6.45, 7) is 0. The minimum absolute atomic E-state index is 0.00464. The second kappa shape index (κ2) is 5.36. The van der Waals surface area contributed by atoms with Gasteiger partial charge in [0.1, 0.15) is 11.6 Å². The predicted octanol–water partition coefficient (Wildman–Crippen LogP) is 3.90. The number of benzene rings is 2. The molecule has 21 heavy (non-hydrogen) atoms. The lowest BCUT2D eigenvalue weighted by atomic mass is 10.2. The molecule has 0 bridgehead atoms. The molecule has 3 nitrogen and oxygen atoms in total. The van der Waals surface area contributed by atoms with E-state index < -0.39 is 11.6 Å². The molecule has 0 saturated heterocycles. The summed E-state index contributed by atoms with van der Waals surface area (Å²) in [6.07, 6.45) is 1.57. The van der Waals surface area contributed by atoms with Crippen molar-refractivity contribution in [2.75, 3.05) is 5.43 Å². The summed E-state index contributed by atoms with van der Waals surface area (Å²) >= 11 is 0. The van der Waals surface area contributed by atoms with Gasteiger partial charge in [-0.15, -0.1) is 0 Å².